The summed E-state index contributed by atoms with van der Waals surface area (Å²) in [5.41, 5.74) is 3.41. The van der Waals surface area contributed by atoms with Crippen LogP contribution in [0.1, 0.15) is 44.3 Å². The number of piperidine rings is 1. The van der Waals surface area contributed by atoms with Gasteiger partial charge in [0.05, 0.1) is 10.7 Å². The van der Waals surface area contributed by atoms with Gasteiger partial charge >= 0.3 is 0 Å². The van der Waals surface area contributed by atoms with E-state index in [4.69, 9.17) is 0 Å². The van der Waals surface area contributed by atoms with E-state index in [1.165, 1.54) is 35.3 Å². The van der Waals surface area contributed by atoms with Gasteiger partial charge in [0.2, 0.25) is 0 Å². The van der Waals surface area contributed by atoms with Crippen molar-refractivity contribution in [2.45, 2.75) is 32.7 Å². The fraction of sp³-hybridized carbons (Fsp3) is 0.360. The molecule has 0 radical (unpaired) electrons. The third-order valence-electron chi connectivity index (χ3n) is 5.65. The van der Waals surface area contributed by atoms with Crippen LogP contribution in [0.4, 0.5) is 0 Å². The number of benzene rings is 2. The Morgan fingerprint density at radius 3 is 2.53 bits per heavy atom. The molecule has 1 aliphatic rings. The largest absolute Gasteiger partial charge is 0.351 e. The van der Waals surface area contributed by atoms with E-state index in [9.17, 15) is 4.79 Å². The van der Waals surface area contributed by atoms with Crippen molar-refractivity contribution in [2.24, 2.45) is 5.92 Å². The number of likely N-dealkylation sites (tertiary alicyclic amines) is 1. The van der Waals surface area contributed by atoms with Gasteiger partial charge in [-0.25, -0.2) is 4.98 Å². The Labute approximate surface area is 183 Å². The van der Waals surface area contributed by atoms with Gasteiger partial charge in [0.15, 0.2) is 0 Å². The Hall–Kier alpha value is -2.50. The SMILES string of the molecule is Cc1nc(Cc2ccccc2)sc1C(=O)NCC1CCCN(Cc2ccccc2)C1. The maximum absolute atomic E-state index is 12.8. The fourth-order valence-electron chi connectivity index (χ4n) is 4.13. The Morgan fingerprint density at radius 1 is 1.10 bits per heavy atom. The third kappa shape index (κ3) is 5.55. The quantitative estimate of drug-likeness (QED) is 0.605. The second-order valence-corrected chi connectivity index (χ2v) is 9.21. The molecule has 0 bridgehead atoms. The lowest BCUT2D eigenvalue weighted by molar-refractivity contribution is 0.0934. The summed E-state index contributed by atoms with van der Waals surface area (Å²) in [6.07, 6.45) is 3.14. The van der Waals surface area contributed by atoms with Crippen molar-refractivity contribution in [3.05, 3.63) is 87.4 Å². The molecule has 1 saturated heterocycles. The van der Waals surface area contributed by atoms with Gasteiger partial charge in [0.25, 0.3) is 5.91 Å². The number of nitrogens with one attached hydrogen (secondary N) is 1. The third-order valence-corrected chi connectivity index (χ3v) is 6.80. The molecule has 2 heterocycles. The molecule has 1 unspecified atom stereocenters. The van der Waals surface area contributed by atoms with Crippen LogP contribution in [0.3, 0.4) is 0 Å². The van der Waals surface area contributed by atoms with Crippen LogP contribution in [-0.2, 0) is 13.0 Å². The van der Waals surface area contributed by atoms with E-state index in [2.05, 4.69) is 57.7 Å². The van der Waals surface area contributed by atoms with E-state index < -0.39 is 0 Å². The number of aromatic nitrogens is 1. The normalized spacial score (nSPS) is 17.0. The molecule has 0 saturated carbocycles. The van der Waals surface area contributed by atoms with Crippen molar-refractivity contribution in [3.8, 4) is 0 Å². The molecule has 0 aliphatic carbocycles. The number of amides is 1. The van der Waals surface area contributed by atoms with E-state index >= 15 is 0 Å². The number of rotatable bonds is 7. The summed E-state index contributed by atoms with van der Waals surface area (Å²) in [6.45, 7) is 5.83. The number of nitrogens with zero attached hydrogens (tertiary/aromatic N) is 2. The number of thiazole rings is 1. The molecule has 5 heteroatoms. The van der Waals surface area contributed by atoms with Crippen LogP contribution in [0.2, 0.25) is 0 Å². The fourth-order valence-corrected chi connectivity index (χ4v) is 5.14. The lowest BCUT2D eigenvalue weighted by Crippen LogP contribution is -2.40. The highest BCUT2D eigenvalue weighted by Gasteiger charge is 2.22. The van der Waals surface area contributed by atoms with Crippen LogP contribution in [0.25, 0.3) is 0 Å². The molecule has 1 amide bonds. The lowest BCUT2D eigenvalue weighted by atomic mass is 9.97. The van der Waals surface area contributed by atoms with Gasteiger partial charge in [0, 0.05) is 26.1 Å². The minimum absolute atomic E-state index is 0.0181. The molecule has 1 aromatic heterocycles. The van der Waals surface area contributed by atoms with Gasteiger partial charge in [0.1, 0.15) is 4.88 Å². The molecule has 1 N–H and O–H groups in total. The van der Waals surface area contributed by atoms with Crippen LogP contribution >= 0.6 is 11.3 Å². The van der Waals surface area contributed by atoms with Gasteiger partial charge in [-0.15, -0.1) is 11.3 Å². The summed E-state index contributed by atoms with van der Waals surface area (Å²) in [4.78, 5) is 20.7. The van der Waals surface area contributed by atoms with Crippen molar-refractivity contribution in [2.75, 3.05) is 19.6 Å². The van der Waals surface area contributed by atoms with Crippen LogP contribution < -0.4 is 5.32 Å². The van der Waals surface area contributed by atoms with Crippen molar-refractivity contribution in [1.82, 2.24) is 15.2 Å². The zero-order valence-electron chi connectivity index (χ0n) is 17.5. The van der Waals surface area contributed by atoms with Gasteiger partial charge in [-0.05, 0) is 43.4 Å². The summed E-state index contributed by atoms with van der Waals surface area (Å²) >= 11 is 1.52. The first-order valence-corrected chi connectivity index (χ1v) is 11.5. The van der Waals surface area contributed by atoms with Gasteiger partial charge in [-0.1, -0.05) is 60.7 Å². The van der Waals surface area contributed by atoms with Crippen molar-refractivity contribution in [1.29, 1.82) is 0 Å². The minimum Gasteiger partial charge on any atom is -0.351 e. The van der Waals surface area contributed by atoms with E-state index in [0.717, 1.165) is 48.2 Å². The number of hydrogen-bond donors (Lipinski definition) is 1. The first-order valence-electron chi connectivity index (χ1n) is 10.7. The lowest BCUT2D eigenvalue weighted by Gasteiger charge is -2.32. The molecular weight excluding hydrogens is 390 g/mol. The highest BCUT2D eigenvalue weighted by molar-refractivity contribution is 7.13. The average Bonchev–Trinajstić information content (AvgIpc) is 3.14. The summed E-state index contributed by atoms with van der Waals surface area (Å²) in [7, 11) is 0. The molecule has 1 aliphatic heterocycles. The summed E-state index contributed by atoms with van der Waals surface area (Å²) in [5, 5.41) is 4.17. The number of carbonyl (C=O) groups excluding carboxylic acids is 1. The molecule has 156 valence electrons. The molecule has 4 nitrogen and oxygen atoms in total. The second kappa shape index (κ2) is 10.0. The standard InChI is InChI=1S/C25H29N3OS/c1-19-24(30-23(27-19)15-20-9-4-2-5-10-20)25(29)26-16-22-13-8-14-28(18-22)17-21-11-6-3-7-12-21/h2-7,9-12,22H,8,13-18H2,1H3,(H,26,29). The summed E-state index contributed by atoms with van der Waals surface area (Å²) in [5.74, 6) is 0.521. The van der Waals surface area contributed by atoms with Crippen LogP contribution in [0, 0.1) is 12.8 Å². The van der Waals surface area contributed by atoms with E-state index in [1.807, 2.05) is 25.1 Å². The first kappa shape index (κ1) is 20.8. The Morgan fingerprint density at radius 2 is 1.80 bits per heavy atom. The second-order valence-electron chi connectivity index (χ2n) is 8.12. The monoisotopic (exact) mass is 419 g/mol. The molecule has 4 rings (SSSR count). The molecule has 30 heavy (non-hydrogen) atoms. The maximum Gasteiger partial charge on any atom is 0.263 e. The zero-order valence-corrected chi connectivity index (χ0v) is 18.3. The number of aryl methyl sites for hydroxylation is 1. The number of hydrogen-bond acceptors (Lipinski definition) is 4. The molecular formula is C25H29N3OS. The van der Waals surface area contributed by atoms with Crippen LogP contribution in [-0.4, -0.2) is 35.4 Å². The van der Waals surface area contributed by atoms with E-state index in [0.29, 0.717) is 5.92 Å². The minimum atomic E-state index is 0.0181. The Bertz CT molecular complexity index is 955. The Kier molecular flexibility index (Phi) is 6.92. The van der Waals surface area contributed by atoms with Gasteiger partial charge < -0.3 is 5.32 Å². The molecule has 1 fully saturated rings. The average molecular weight is 420 g/mol. The Balaban J connectivity index is 1.30. The predicted octanol–water partition coefficient (Wildman–Crippen LogP) is 4.68. The summed E-state index contributed by atoms with van der Waals surface area (Å²) < 4.78 is 0. The van der Waals surface area contributed by atoms with E-state index in [1.54, 1.807) is 0 Å². The topological polar surface area (TPSA) is 45.2 Å². The van der Waals surface area contributed by atoms with E-state index in [-0.39, 0.29) is 5.91 Å². The molecule has 3 aromatic rings. The zero-order chi connectivity index (χ0) is 20.8. The highest BCUT2D eigenvalue weighted by Crippen LogP contribution is 2.22. The first-order chi connectivity index (χ1) is 14.7. The van der Waals surface area contributed by atoms with Gasteiger partial charge in [-0.2, -0.15) is 0 Å². The highest BCUT2D eigenvalue weighted by atomic mass is 32.1. The maximum atomic E-state index is 12.8. The molecule has 0 spiro atoms. The molecule has 2 aromatic carbocycles. The van der Waals surface area contributed by atoms with Crippen LogP contribution in [0.5, 0.6) is 0 Å². The van der Waals surface area contributed by atoms with Crippen molar-refractivity contribution in [3.63, 3.8) is 0 Å². The van der Waals surface area contributed by atoms with Crippen LogP contribution in [0.15, 0.2) is 60.7 Å². The van der Waals surface area contributed by atoms with Crippen molar-refractivity contribution < 1.29 is 4.79 Å². The predicted molar refractivity (Wildman–Crippen MR) is 123 cm³/mol. The smallest absolute Gasteiger partial charge is 0.263 e. The van der Waals surface area contributed by atoms with Crippen molar-refractivity contribution >= 4 is 17.2 Å². The number of carbonyl (C=O) groups is 1. The van der Waals surface area contributed by atoms with Gasteiger partial charge in [-0.3, -0.25) is 9.69 Å². The molecule has 1 atom stereocenters. The summed E-state index contributed by atoms with van der Waals surface area (Å²) in [6, 6.07) is 20.9.